The fraction of sp³-hybridized carbons (Fsp3) is 0.417. The summed E-state index contributed by atoms with van der Waals surface area (Å²) in [5, 5.41) is 15.4. The summed E-state index contributed by atoms with van der Waals surface area (Å²) < 4.78 is 6.25. The van der Waals surface area contributed by atoms with E-state index in [4.69, 9.17) is 4.74 Å². The molecule has 0 atom stereocenters. The Labute approximate surface area is 125 Å². The first kappa shape index (κ1) is 15.1. The molecule has 0 unspecified atom stereocenters. The lowest BCUT2D eigenvalue weighted by atomic mass is 10.3. The number of tetrazole rings is 1. The topological polar surface area (TPSA) is 99.0 Å². The molecular formula is C12H15N5O3S. The third-order valence-electron chi connectivity index (χ3n) is 2.60. The van der Waals surface area contributed by atoms with Gasteiger partial charge in [0.25, 0.3) is 5.91 Å². The highest BCUT2D eigenvalue weighted by Crippen LogP contribution is 2.19. The lowest BCUT2D eigenvalue weighted by Gasteiger charge is -2.05. The number of nitrogens with one attached hydrogen (secondary N) is 1. The SMILES string of the molecule is CCOC(=O)CCCNC(=O)c1sccc1-n1cnnn1. The first-order valence-electron chi connectivity index (χ1n) is 6.47. The van der Waals surface area contributed by atoms with Crippen molar-refractivity contribution in [3.8, 4) is 5.69 Å². The summed E-state index contributed by atoms with van der Waals surface area (Å²) in [4.78, 5) is 23.8. The number of hydrogen-bond acceptors (Lipinski definition) is 7. The lowest BCUT2D eigenvalue weighted by Crippen LogP contribution is -2.25. The number of carbonyl (C=O) groups is 2. The van der Waals surface area contributed by atoms with Gasteiger partial charge in [0.1, 0.15) is 11.2 Å². The molecule has 0 spiro atoms. The minimum atomic E-state index is -0.253. The third-order valence-corrected chi connectivity index (χ3v) is 3.50. The van der Waals surface area contributed by atoms with Gasteiger partial charge in [-0.2, -0.15) is 4.68 Å². The van der Waals surface area contributed by atoms with Crippen molar-refractivity contribution < 1.29 is 14.3 Å². The van der Waals surface area contributed by atoms with Crippen LogP contribution in [0.25, 0.3) is 5.69 Å². The molecule has 2 aromatic rings. The predicted molar refractivity (Wildman–Crippen MR) is 75.2 cm³/mol. The van der Waals surface area contributed by atoms with Crippen molar-refractivity contribution >= 4 is 23.2 Å². The molecule has 2 heterocycles. The number of hydrogen-bond donors (Lipinski definition) is 1. The van der Waals surface area contributed by atoms with Crippen molar-refractivity contribution in [2.24, 2.45) is 0 Å². The van der Waals surface area contributed by atoms with Crippen LogP contribution in [-0.4, -0.2) is 45.2 Å². The van der Waals surface area contributed by atoms with Crippen LogP contribution in [0, 0.1) is 0 Å². The Morgan fingerprint density at radius 2 is 2.33 bits per heavy atom. The van der Waals surface area contributed by atoms with E-state index in [2.05, 4.69) is 20.8 Å². The zero-order valence-electron chi connectivity index (χ0n) is 11.5. The Hall–Kier alpha value is -2.29. The monoisotopic (exact) mass is 309 g/mol. The molecule has 0 fully saturated rings. The summed E-state index contributed by atoms with van der Waals surface area (Å²) >= 11 is 1.31. The van der Waals surface area contributed by atoms with Gasteiger partial charge in [-0.1, -0.05) is 0 Å². The van der Waals surface area contributed by atoms with E-state index in [0.29, 0.717) is 36.6 Å². The van der Waals surface area contributed by atoms with Crippen LogP contribution in [-0.2, 0) is 9.53 Å². The van der Waals surface area contributed by atoms with Crippen LogP contribution in [0.15, 0.2) is 17.8 Å². The maximum absolute atomic E-state index is 12.1. The second-order valence-corrected chi connectivity index (χ2v) is 4.97. The molecule has 0 aliphatic carbocycles. The van der Waals surface area contributed by atoms with Crippen LogP contribution in [0.3, 0.4) is 0 Å². The summed E-state index contributed by atoms with van der Waals surface area (Å²) in [5.74, 6) is -0.461. The molecule has 0 saturated heterocycles. The van der Waals surface area contributed by atoms with Crippen molar-refractivity contribution in [2.45, 2.75) is 19.8 Å². The minimum Gasteiger partial charge on any atom is -0.466 e. The highest BCUT2D eigenvalue weighted by Gasteiger charge is 2.15. The van der Waals surface area contributed by atoms with Crippen molar-refractivity contribution in [1.82, 2.24) is 25.5 Å². The molecule has 2 rings (SSSR count). The molecule has 8 nitrogen and oxygen atoms in total. The maximum atomic E-state index is 12.1. The first-order valence-corrected chi connectivity index (χ1v) is 7.35. The number of ether oxygens (including phenoxy) is 1. The Kier molecular flexibility index (Phi) is 5.38. The van der Waals surface area contributed by atoms with Crippen molar-refractivity contribution in [2.75, 3.05) is 13.2 Å². The van der Waals surface area contributed by atoms with Crippen molar-refractivity contribution in [1.29, 1.82) is 0 Å². The molecule has 1 amide bonds. The zero-order valence-corrected chi connectivity index (χ0v) is 12.3. The van der Waals surface area contributed by atoms with E-state index in [1.807, 2.05) is 0 Å². The molecular weight excluding hydrogens is 294 g/mol. The van der Waals surface area contributed by atoms with Gasteiger partial charge in [-0.25, -0.2) is 0 Å². The van der Waals surface area contributed by atoms with Crippen LogP contribution in [0.4, 0.5) is 0 Å². The maximum Gasteiger partial charge on any atom is 0.305 e. The van der Waals surface area contributed by atoms with Gasteiger partial charge in [0.05, 0.1) is 12.3 Å². The third kappa shape index (κ3) is 4.09. The Morgan fingerprint density at radius 1 is 1.48 bits per heavy atom. The Morgan fingerprint density at radius 3 is 3.05 bits per heavy atom. The molecule has 0 aromatic carbocycles. The predicted octanol–water partition coefficient (Wildman–Crippen LogP) is 0.797. The van der Waals surface area contributed by atoms with Gasteiger partial charge >= 0.3 is 5.97 Å². The molecule has 0 saturated carbocycles. The van der Waals surface area contributed by atoms with Gasteiger partial charge in [0.2, 0.25) is 0 Å². The van der Waals surface area contributed by atoms with E-state index in [0.717, 1.165) is 0 Å². The van der Waals surface area contributed by atoms with Crippen LogP contribution in [0.1, 0.15) is 29.4 Å². The molecule has 0 radical (unpaired) electrons. The number of rotatable bonds is 7. The molecule has 0 aliphatic rings. The lowest BCUT2D eigenvalue weighted by molar-refractivity contribution is -0.143. The molecule has 0 bridgehead atoms. The highest BCUT2D eigenvalue weighted by molar-refractivity contribution is 7.12. The van der Waals surface area contributed by atoms with Gasteiger partial charge in [0.15, 0.2) is 0 Å². The first-order chi connectivity index (χ1) is 10.2. The largest absolute Gasteiger partial charge is 0.466 e. The molecule has 21 heavy (non-hydrogen) atoms. The van der Waals surface area contributed by atoms with Crippen LogP contribution in [0.5, 0.6) is 0 Å². The minimum absolute atomic E-state index is 0.209. The van der Waals surface area contributed by atoms with E-state index in [1.165, 1.54) is 22.3 Å². The van der Waals surface area contributed by atoms with E-state index in [1.54, 1.807) is 18.4 Å². The number of amides is 1. The number of nitrogens with zero attached hydrogens (tertiary/aromatic N) is 4. The fourth-order valence-corrected chi connectivity index (χ4v) is 2.47. The standard InChI is InChI=1S/C12H15N5O3S/c1-2-20-10(18)4-3-6-13-12(19)11-9(5-7-21-11)17-8-14-15-16-17/h5,7-8H,2-4,6H2,1H3,(H,13,19). The number of carbonyl (C=O) groups excluding carboxylic acids is 2. The Balaban J connectivity index is 1.85. The van der Waals surface area contributed by atoms with Crippen LogP contribution < -0.4 is 5.32 Å². The van der Waals surface area contributed by atoms with Gasteiger partial charge in [-0.15, -0.1) is 16.4 Å². The number of thiophene rings is 1. The average molecular weight is 309 g/mol. The van der Waals surface area contributed by atoms with Gasteiger partial charge < -0.3 is 10.1 Å². The summed E-state index contributed by atoms with van der Waals surface area (Å²) in [5.41, 5.74) is 0.632. The Bertz CT molecular complexity index is 596. The molecule has 9 heteroatoms. The van der Waals surface area contributed by atoms with Crippen molar-refractivity contribution in [3.05, 3.63) is 22.7 Å². The van der Waals surface area contributed by atoms with Crippen molar-refractivity contribution in [3.63, 3.8) is 0 Å². The van der Waals surface area contributed by atoms with E-state index in [-0.39, 0.29) is 11.9 Å². The summed E-state index contributed by atoms with van der Waals surface area (Å²) in [6.07, 6.45) is 2.26. The summed E-state index contributed by atoms with van der Waals surface area (Å²) in [6.45, 7) is 2.54. The van der Waals surface area contributed by atoms with Gasteiger partial charge in [0, 0.05) is 13.0 Å². The average Bonchev–Trinajstić information content (AvgIpc) is 3.13. The van der Waals surface area contributed by atoms with Gasteiger partial charge in [-0.3, -0.25) is 9.59 Å². The number of aromatic nitrogens is 4. The van der Waals surface area contributed by atoms with E-state index in [9.17, 15) is 9.59 Å². The van der Waals surface area contributed by atoms with Crippen LogP contribution in [0.2, 0.25) is 0 Å². The quantitative estimate of drug-likeness (QED) is 0.600. The molecule has 2 aromatic heterocycles. The second-order valence-electron chi connectivity index (χ2n) is 4.05. The summed E-state index contributed by atoms with van der Waals surface area (Å²) in [7, 11) is 0. The normalized spacial score (nSPS) is 10.3. The highest BCUT2D eigenvalue weighted by atomic mass is 32.1. The smallest absolute Gasteiger partial charge is 0.305 e. The van der Waals surface area contributed by atoms with Crippen LogP contribution >= 0.6 is 11.3 Å². The second kappa shape index (κ2) is 7.48. The zero-order chi connectivity index (χ0) is 15.1. The van der Waals surface area contributed by atoms with E-state index >= 15 is 0 Å². The fourth-order valence-electron chi connectivity index (χ4n) is 1.67. The van der Waals surface area contributed by atoms with Gasteiger partial charge in [-0.05, 0) is 35.2 Å². The molecule has 1 N–H and O–H groups in total. The molecule has 0 aliphatic heterocycles. The molecule has 112 valence electrons. The van der Waals surface area contributed by atoms with E-state index < -0.39 is 0 Å². The summed E-state index contributed by atoms with van der Waals surface area (Å²) in [6, 6.07) is 1.77. The number of esters is 1.